The fourth-order valence-corrected chi connectivity index (χ4v) is 9.07. The summed E-state index contributed by atoms with van der Waals surface area (Å²) in [6.45, 7) is 0. The largest absolute Gasteiger partial charge is 1.00 e. The second-order valence-electron chi connectivity index (χ2n) is 5.01. The first-order chi connectivity index (χ1) is 7.86. The van der Waals surface area contributed by atoms with Gasteiger partial charge in [0.15, 0.2) is 0 Å². The average molecular weight is 360 g/mol. The molecule has 0 amide bonds. The van der Waals surface area contributed by atoms with E-state index in [2.05, 4.69) is 40.7 Å². The van der Waals surface area contributed by atoms with Crippen LogP contribution < -0.4 is 24.8 Å². The summed E-state index contributed by atoms with van der Waals surface area (Å²) in [5.74, 6) is 0.877. The van der Waals surface area contributed by atoms with Crippen LogP contribution in [0, 0.1) is 5.92 Å². The van der Waals surface area contributed by atoms with Crippen molar-refractivity contribution in [3.63, 3.8) is 0 Å². The number of allylic oxidation sites excluding steroid dienone is 8. The van der Waals surface area contributed by atoms with Crippen LogP contribution in [-0.2, 0) is 21.3 Å². The molecular formula is C15H18Cl2Zr. The van der Waals surface area contributed by atoms with E-state index < -0.39 is 21.3 Å². The normalized spacial score (nSPS) is 27.3. The molecule has 0 bridgehead atoms. The Kier molecular flexibility index (Phi) is 6.52. The molecule has 0 heterocycles. The fraction of sp³-hybridized carbons (Fsp3) is 0.400. The van der Waals surface area contributed by atoms with Gasteiger partial charge < -0.3 is 24.8 Å². The van der Waals surface area contributed by atoms with Crippen LogP contribution in [0.3, 0.4) is 0 Å². The molecule has 0 spiro atoms. The molecule has 2 unspecified atom stereocenters. The van der Waals surface area contributed by atoms with E-state index in [1.807, 2.05) is 0 Å². The molecule has 3 rings (SSSR count). The Labute approximate surface area is 130 Å². The minimum Gasteiger partial charge on any atom is -1.00 e. The van der Waals surface area contributed by atoms with Crippen LogP contribution in [-0.4, -0.2) is 4.21 Å². The van der Waals surface area contributed by atoms with E-state index in [4.69, 9.17) is 0 Å². The first-order valence-corrected chi connectivity index (χ1v) is 10.7. The minimum absolute atomic E-state index is 0. The standard InChI is InChI=1S/C9H11.C5H5.CH2.2ClH.Zr/c1-2-5-9-7-3-6-8(9)4-1;1-2-4-5-3-1;;;;/h1-2,4,6,9H,3,5,7H2;1-3H,4H2;1H2;2*1H;/q;;;;;+2/p-2. The Hall–Kier alpha value is 0.293. The van der Waals surface area contributed by atoms with Gasteiger partial charge in [-0.15, -0.1) is 0 Å². The zero-order valence-electron chi connectivity index (χ0n) is 10.4. The summed E-state index contributed by atoms with van der Waals surface area (Å²) < 4.78 is 7.25. The van der Waals surface area contributed by atoms with Crippen LogP contribution in [0.5, 0.6) is 0 Å². The molecule has 0 saturated heterocycles. The van der Waals surface area contributed by atoms with E-state index >= 15 is 0 Å². The molecule has 0 aromatic heterocycles. The molecule has 96 valence electrons. The Morgan fingerprint density at radius 3 is 2.56 bits per heavy atom. The summed E-state index contributed by atoms with van der Waals surface area (Å²) in [6.07, 6.45) is 19.2. The van der Waals surface area contributed by atoms with Gasteiger partial charge in [-0.3, -0.25) is 0 Å². The third kappa shape index (κ3) is 3.06. The second kappa shape index (κ2) is 7.18. The first-order valence-electron chi connectivity index (χ1n) is 6.28. The quantitative estimate of drug-likeness (QED) is 0.533. The van der Waals surface area contributed by atoms with Crippen molar-refractivity contribution in [1.82, 2.24) is 0 Å². The van der Waals surface area contributed by atoms with Gasteiger partial charge in [-0.1, -0.05) is 0 Å². The maximum absolute atomic E-state index is 4.62. The van der Waals surface area contributed by atoms with E-state index in [-0.39, 0.29) is 24.8 Å². The molecule has 0 aromatic carbocycles. The van der Waals surface area contributed by atoms with E-state index in [0.29, 0.717) is 0 Å². The van der Waals surface area contributed by atoms with Gasteiger partial charge in [-0.05, 0) is 0 Å². The SMILES string of the molecule is [CH2]=[Zr+2]([C]1=CC=CC1)[CH]1CCC2CC=CC=C21.[Cl-].[Cl-]. The predicted octanol–water partition coefficient (Wildman–Crippen LogP) is -2.03. The van der Waals surface area contributed by atoms with Gasteiger partial charge in [0.25, 0.3) is 0 Å². The van der Waals surface area contributed by atoms with Crippen molar-refractivity contribution in [1.29, 1.82) is 0 Å². The molecule has 1 saturated carbocycles. The maximum Gasteiger partial charge on any atom is -1.00 e. The maximum atomic E-state index is 4.62. The topological polar surface area (TPSA) is 0 Å². The molecule has 0 N–H and O–H groups in total. The Morgan fingerprint density at radius 1 is 1.06 bits per heavy atom. The van der Waals surface area contributed by atoms with E-state index in [1.54, 1.807) is 8.85 Å². The van der Waals surface area contributed by atoms with Crippen LogP contribution in [0.25, 0.3) is 0 Å². The van der Waals surface area contributed by atoms with Crippen LogP contribution in [0.15, 0.2) is 45.3 Å². The molecule has 3 aliphatic rings. The first kappa shape index (κ1) is 16.3. The minimum atomic E-state index is -1.56. The van der Waals surface area contributed by atoms with Gasteiger partial charge in [0.2, 0.25) is 0 Å². The van der Waals surface area contributed by atoms with E-state index in [0.717, 1.165) is 9.54 Å². The van der Waals surface area contributed by atoms with Crippen molar-refractivity contribution in [2.45, 2.75) is 29.3 Å². The number of fused-ring (bicyclic) bond motifs is 1. The van der Waals surface area contributed by atoms with Crippen LogP contribution in [0.2, 0.25) is 3.63 Å². The smallest absolute Gasteiger partial charge is 1.00 e. The molecule has 0 aromatic rings. The summed E-state index contributed by atoms with van der Waals surface area (Å²) >= 11 is -1.56. The van der Waals surface area contributed by atoms with Crippen molar-refractivity contribution in [3.05, 3.63) is 45.3 Å². The number of halogens is 2. The Morgan fingerprint density at radius 2 is 1.83 bits per heavy atom. The van der Waals surface area contributed by atoms with Crippen molar-refractivity contribution in [2.24, 2.45) is 5.92 Å². The number of hydrogen-bond donors (Lipinski definition) is 0. The van der Waals surface area contributed by atoms with E-state index in [9.17, 15) is 0 Å². The molecule has 0 aliphatic heterocycles. The van der Waals surface area contributed by atoms with Crippen molar-refractivity contribution in [2.75, 3.05) is 0 Å². The number of hydrogen-bond acceptors (Lipinski definition) is 0. The number of rotatable bonds is 2. The third-order valence-electron chi connectivity index (χ3n) is 4.13. The van der Waals surface area contributed by atoms with Crippen LogP contribution in [0.1, 0.15) is 25.7 Å². The molecule has 18 heavy (non-hydrogen) atoms. The molecule has 3 heteroatoms. The van der Waals surface area contributed by atoms with Crippen LogP contribution in [0.4, 0.5) is 0 Å². The zero-order chi connectivity index (χ0) is 11.0. The van der Waals surface area contributed by atoms with Gasteiger partial charge in [-0.2, -0.15) is 0 Å². The summed E-state index contributed by atoms with van der Waals surface area (Å²) in [6, 6.07) is 0. The molecule has 3 aliphatic carbocycles. The molecule has 0 radical (unpaired) electrons. The summed E-state index contributed by atoms with van der Waals surface area (Å²) in [7, 11) is 0. The van der Waals surface area contributed by atoms with Gasteiger partial charge in [0, 0.05) is 0 Å². The van der Waals surface area contributed by atoms with Crippen molar-refractivity contribution >= 4 is 4.21 Å². The van der Waals surface area contributed by atoms with Gasteiger partial charge >= 0.3 is 106 Å². The van der Waals surface area contributed by atoms with Gasteiger partial charge in [-0.25, -0.2) is 0 Å². The molecular weight excluding hydrogens is 342 g/mol. The van der Waals surface area contributed by atoms with Crippen molar-refractivity contribution in [3.8, 4) is 0 Å². The molecule has 1 fully saturated rings. The zero-order valence-corrected chi connectivity index (χ0v) is 14.4. The summed E-state index contributed by atoms with van der Waals surface area (Å²) in [5, 5.41) is 0. The summed E-state index contributed by atoms with van der Waals surface area (Å²) in [5.41, 5.74) is 1.76. The van der Waals surface area contributed by atoms with Gasteiger partial charge in [0.05, 0.1) is 0 Å². The third-order valence-corrected chi connectivity index (χ3v) is 10.7. The average Bonchev–Trinajstić information content (AvgIpc) is 2.98. The monoisotopic (exact) mass is 358 g/mol. The Balaban J connectivity index is 0.000000810. The molecule has 0 nitrogen and oxygen atoms in total. The second-order valence-corrected chi connectivity index (χ2v) is 10.9. The Bertz CT molecular complexity index is 443. The van der Waals surface area contributed by atoms with Gasteiger partial charge in [0.1, 0.15) is 0 Å². The fourth-order valence-electron chi connectivity index (χ4n) is 3.20. The van der Waals surface area contributed by atoms with Crippen LogP contribution >= 0.6 is 0 Å². The predicted molar refractivity (Wildman–Crippen MR) is 67.3 cm³/mol. The molecule has 2 atom stereocenters. The van der Waals surface area contributed by atoms with Crippen molar-refractivity contribution < 1.29 is 46.1 Å². The van der Waals surface area contributed by atoms with E-state index in [1.165, 1.54) is 25.7 Å². The summed E-state index contributed by atoms with van der Waals surface area (Å²) in [4.78, 5) is 0.